The van der Waals surface area contributed by atoms with Crippen molar-refractivity contribution in [3.63, 3.8) is 0 Å². The molecule has 8 atom stereocenters. The highest BCUT2D eigenvalue weighted by Crippen LogP contribution is 2.68. The van der Waals surface area contributed by atoms with Crippen molar-refractivity contribution < 1.29 is 19.2 Å². The van der Waals surface area contributed by atoms with Crippen LogP contribution in [0.5, 0.6) is 0 Å². The summed E-state index contributed by atoms with van der Waals surface area (Å²) in [4.78, 5) is 40.9. The molecular weight excluding hydrogens is 414 g/mol. The number of carbonyl (C=O) groups is 3. The molecule has 0 aromatic carbocycles. The molecule has 5 rings (SSSR count). The molecule has 5 fully saturated rings. The first-order chi connectivity index (χ1) is 15.7. The summed E-state index contributed by atoms with van der Waals surface area (Å²) in [6, 6.07) is 0. The summed E-state index contributed by atoms with van der Waals surface area (Å²) >= 11 is 0. The summed E-state index contributed by atoms with van der Waals surface area (Å²) in [6.45, 7) is 7.52. The van der Waals surface area contributed by atoms with E-state index in [0.717, 1.165) is 30.1 Å². The van der Waals surface area contributed by atoms with Crippen molar-refractivity contribution in [2.24, 2.45) is 46.3 Å². The maximum atomic E-state index is 12.4. The van der Waals surface area contributed by atoms with E-state index in [1.54, 1.807) is 0 Å². The van der Waals surface area contributed by atoms with Gasteiger partial charge in [-0.2, -0.15) is 0 Å². The predicted molar refractivity (Wildman–Crippen MR) is 125 cm³/mol. The third kappa shape index (κ3) is 3.86. The van der Waals surface area contributed by atoms with Gasteiger partial charge < -0.3 is 4.84 Å². The van der Waals surface area contributed by atoms with Gasteiger partial charge in [0.25, 0.3) is 11.8 Å². The van der Waals surface area contributed by atoms with Crippen LogP contribution in [0.3, 0.4) is 0 Å². The molecule has 0 N–H and O–H groups in total. The Kier molecular flexibility index (Phi) is 6.14. The lowest BCUT2D eigenvalue weighted by Gasteiger charge is -2.61. The van der Waals surface area contributed by atoms with Crippen LogP contribution in [0, 0.1) is 46.3 Å². The largest absolute Gasteiger partial charge is 0.333 e. The monoisotopic (exact) mass is 457 g/mol. The van der Waals surface area contributed by atoms with Crippen molar-refractivity contribution in [3.05, 3.63) is 0 Å². The zero-order chi connectivity index (χ0) is 23.4. The molecule has 0 radical (unpaired) electrons. The van der Waals surface area contributed by atoms with Crippen LogP contribution in [-0.4, -0.2) is 22.8 Å². The Morgan fingerprint density at radius 3 is 2.42 bits per heavy atom. The Morgan fingerprint density at radius 1 is 0.939 bits per heavy atom. The van der Waals surface area contributed by atoms with Crippen LogP contribution in [0.15, 0.2) is 0 Å². The lowest BCUT2D eigenvalue weighted by atomic mass is 9.44. The van der Waals surface area contributed by atoms with E-state index >= 15 is 0 Å². The van der Waals surface area contributed by atoms with Crippen LogP contribution < -0.4 is 0 Å². The van der Waals surface area contributed by atoms with Crippen molar-refractivity contribution in [1.29, 1.82) is 0 Å². The van der Waals surface area contributed by atoms with Crippen LogP contribution >= 0.6 is 0 Å². The van der Waals surface area contributed by atoms with Crippen molar-refractivity contribution in [2.75, 3.05) is 0 Å². The van der Waals surface area contributed by atoms with Crippen molar-refractivity contribution in [3.8, 4) is 0 Å². The number of rotatable bonds is 5. The second kappa shape index (κ2) is 8.68. The molecule has 1 aliphatic heterocycles. The first-order valence-electron chi connectivity index (χ1n) is 13.8. The molecule has 7 unspecified atom stereocenters. The van der Waals surface area contributed by atoms with Crippen molar-refractivity contribution >= 4 is 17.8 Å². The number of carbonyl (C=O) groups excluding carboxylic acids is 3. The fourth-order valence-corrected chi connectivity index (χ4v) is 9.62. The average molecular weight is 458 g/mol. The van der Waals surface area contributed by atoms with Gasteiger partial charge in [-0.05, 0) is 104 Å². The van der Waals surface area contributed by atoms with Crippen LogP contribution in [-0.2, 0) is 19.2 Å². The third-order valence-electron chi connectivity index (χ3n) is 11.3. The molecule has 33 heavy (non-hydrogen) atoms. The number of imide groups is 1. The van der Waals surface area contributed by atoms with Gasteiger partial charge in [0, 0.05) is 19.3 Å². The first kappa shape index (κ1) is 23.4. The van der Waals surface area contributed by atoms with Crippen molar-refractivity contribution in [2.45, 2.75) is 111 Å². The van der Waals surface area contributed by atoms with Gasteiger partial charge in [0.2, 0.25) is 0 Å². The molecule has 2 amide bonds. The van der Waals surface area contributed by atoms with E-state index in [4.69, 9.17) is 4.84 Å². The molecule has 5 nitrogen and oxygen atoms in total. The predicted octanol–water partition coefficient (Wildman–Crippen LogP) is 6.06. The second-order valence-corrected chi connectivity index (χ2v) is 12.7. The highest BCUT2D eigenvalue weighted by molar-refractivity contribution is 6.01. The number of amides is 2. The van der Waals surface area contributed by atoms with Gasteiger partial charge in [-0.25, -0.2) is 4.79 Å². The lowest BCUT2D eigenvalue weighted by molar-refractivity contribution is -0.197. The quantitative estimate of drug-likeness (QED) is 0.471. The number of fused-ring (bicyclic) bond motifs is 5. The second-order valence-electron chi connectivity index (χ2n) is 12.7. The Hall–Kier alpha value is -1.39. The van der Waals surface area contributed by atoms with Gasteiger partial charge in [0.15, 0.2) is 0 Å². The van der Waals surface area contributed by atoms with Crippen LogP contribution in [0.4, 0.5) is 0 Å². The molecule has 0 spiro atoms. The van der Waals surface area contributed by atoms with Gasteiger partial charge in [0.05, 0.1) is 0 Å². The molecule has 184 valence electrons. The highest BCUT2D eigenvalue weighted by Gasteiger charge is 2.60. The molecule has 4 aliphatic carbocycles. The van der Waals surface area contributed by atoms with Crippen LogP contribution in [0.2, 0.25) is 0 Å². The normalized spacial score (nSPS) is 43.6. The topological polar surface area (TPSA) is 63.7 Å². The summed E-state index contributed by atoms with van der Waals surface area (Å²) in [5.41, 5.74) is 0.976. The molecule has 1 heterocycles. The van der Waals surface area contributed by atoms with E-state index < -0.39 is 17.8 Å². The lowest BCUT2D eigenvalue weighted by Crippen LogP contribution is -2.53. The summed E-state index contributed by atoms with van der Waals surface area (Å²) in [6.07, 6.45) is 15.4. The Morgan fingerprint density at radius 2 is 1.67 bits per heavy atom. The number of nitrogens with zero attached hydrogens (tertiary/aromatic N) is 1. The SMILES string of the molecule is C[C@H](CCC(=O)ON1C(=O)CCC1=O)C1CCC2C3CCC4CCCCC4(C)C3CCC21C. The minimum absolute atomic E-state index is 0.145. The van der Waals surface area contributed by atoms with Crippen LogP contribution in [0.25, 0.3) is 0 Å². The molecular formula is C28H43NO4. The fourth-order valence-electron chi connectivity index (χ4n) is 9.62. The average Bonchev–Trinajstić information content (AvgIpc) is 3.31. The van der Waals surface area contributed by atoms with Gasteiger partial charge in [-0.15, -0.1) is 5.06 Å². The van der Waals surface area contributed by atoms with Crippen LogP contribution in [0.1, 0.15) is 111 Å². The molecule has 5 heteroatoms. The summed E-state index contributed by atoms with van der Waals surface area (Å²) in [7, 11) is 0. The Balaban J connectivity index is 1.21. The molecule has 0 bridgehead atoms. The summed E-state index contributed by atoms with van der Waals surface area (Å²) in [5.74, 6) is 3.50. The summed E-state index contributed by atoms with van der Waals surface area (Å²) in [5, 5.41) is 0.684. The first-order valence-corrected chi connectivity index (χ1v) is 13.8. The van der Waals surface area contributed by atoms with Gasteiger partial charge in [-0.3, -0.25) is 9.59 Å². The Bertz CT molecular complexity index is 794. The molecule has 4 saturated carbocycles. The minimum Gasteiger partial charge on any atom is -0.330 e. The molecule has 1 saturated heterocycles. The maximum absolute atomic E-state index is 12.4. The third-order valence-corrected chi connectivity index (χ3v) is 11.3. The zero-order valence-electron chi connectivity index (χ0n) is 20.9. The van der Waals surface area contributed by atoms with Crippen molar-refractivity contribution in [1.82, 2.24) is 5.06 Å². The fraction of sp³-hybridized carbons (Fsp3) is 0.893. The smallest absolute Gasteiger partial charge is 0.330 e. The number of hydrogen-bond donors (Lipinski definition) is 0. The van der Waals surface area contributed by atoms with E-state index in [0.29, 0.717) is 27.7 Å². The standard InChI is InChI=1S/C28H43NO4/c1-18(7-14-26(32)33-29-24(30)12-13-25(29)31)21-10-11-22-20-9-8-19-6-4-5-16-27(19,2)23(20)15-17-28(21,22)3/h18-23H,4-17H2,1-3H3/t18-,19?,20?,21?,22?,23?,27?,28?/m1/s1. The zero-order valence-corrected chi connectivity index (χ0v) is 20.9. The Labute approximate surface area is 199 Å². The van der Waals surface area contributed by atoms with E-state index in [-0.39, 0.29) is 19.3 Å². The molecule has 0 aromatic heterocycles. The van der Waals surface area contributed by atoms with E-state index in [9.17, 15) is 14.4 Å². The maximum Gasteiger partial charge on any atom is 0.333 e. The van der Waals surface area contributed by atoms with Gasteiger partial charge >= 0.3 is 5.97 Å². The molecule has 0 aromatic rings. The highest BCUT2D eigenvalue weighted by atomic mass is 16.7. The minimum atomic E-state index is -0.447. The van der Waals surface area contributed by atoms with E-state index in [1.807, 2.05) is 0 Å². The van der Waals surface area contributed by atoms with Gasteiger partial charge in [-0.1, -0.05) is 33.6 Å². The van der Waals surface area contributed by atoms with Gasteiger partial charge in [0.1, 0.15) is 0 Å². The number of hydrogen-bond acceptors (Lipinski definition) is 4. The molecule has 5 aliphatic rings. The number of hydroxylamine groups is 2. The van der Waals surface area contributed by atoms with E-state index in [2.05, 4.69) is 20.8 Å². The van der Waals surface area contributed by atoms with E-state index in [1.165, 1.54) is 64.2 Å². The summed E-state index contributed by atoms with van der Waals surface area (Å²) < 4.78 is 0.